The summed E-state index contributed by atoms with van der Waals surface area (Å²) in [4.78, 5) is 41.5. The maximum absolute atomic E-state index is 13.2. The first-order valence-corrected chi connectivity index (χ1v) is 10.5. The second-order valence-corrected chi connectivity index (χ2v) is 8.28. The van der Waals surface area contributed by atoms with Crippen molar-refractivity contribution in [2.45, 2.75) is 39.3 Å². The monoisotopic (exact) mass is 442 g/mol. The van der Waals surface area contributed by atoms with Gasteiger partial charge < -0.3 is 15.5 Å². The van der Waals surface area contributed by atoms with Crippen molar-refractivity contribution in [2.75, 3.05) is 29.1 Å². The molecular weight excluding hydrogens is 416 g/mol. The van der Waals surface area contributed by atoms with Crippen LogP contribution in [-0.4, -0.2) is 48.3 Å². The Hall–Kier alpha value is -2.90. The third-order valence-electron chi connectivity index (χ3n) is 5.58. The summed E-state index contributed by atoms with van der Waals surface area (Å²) in [5.74, 6) is -0.549. The molecule has 0 aliphatic carbocycles. The zero-order chi connectivity index (χ0) is 22.7. The molecule has 0 spiro atoms. The topological polar surface area (TPSA) is 81.8 Å². The number of fused-ring (bicyclic) bond motifs is 1. The van der Waals surface area contributed by atoms with Crippen molar-refractivity contribution in [3.63, 3.8) is 0 Å². The molecule has 0 radical (unpaired) electrons. The summed E-state index contributed by atoms with van der Waals surface area (Å²) in [6, 6.07) is 11.7. The summed E-state index contributed by atoms with van der Waals surface area (Å²) >= 11 is 6.13. The first-order valence-electron chi connectivity index (χ1n) is 10.2. The first-order chi connectivity index (χ1) is 14.7. The van der Waals surface area contributed by atoms with Crippen LogP contribution in [0.3, 0.4) is 0 Å². The van der Waals surface area contributed by atoms with Crippen LogP contribution < -0.4 is 15.5 Å². The molecule has 0 bridgehead atoms. The van der Waals surface area contributed by atoms with E-state index in [4.69, 9.17) is 11.6 Å². The summed E-state index contributed by atoms with van der Waals surface area (Å²) in [6.07, 6.45) is 0.203. The Kier molecular flexibility index (Phi) is 6.97. The Morgan fingerprint density at radius 2 is 1.97 bits per heavy atom. The summed E-state index contributed by atoms with van der Waals surface area (Å²) in [5.41, 5.74) is 2.69. The Balaban J connectivity index is 1.72. The molecule has 1 aliphatic rings. The van der Waals surface area contributed by atoms with Crippen LogP contribution in [0.1, 0.15) is 25.8 Å². The van der Waals surface area contributed by atoms with Gasteiger partial charge in [-0.1, -0.05) is 29.8 Å². The lowest BCUT2D eigenvalue weighted by Crippen LogP contribution is -2.48. The third kappa shape index (κ3) is 5.06. The highest BCUT2D eigenvalue weighted by atomic mass is 35.5. The third-order valence-corrected chi connectivity index (χ3v) is 5.99. The fourth-order valence-electron chi connectivity index (χ4n) is 3.57. The van der Waals surface area contributed by atoms with E-state index in [1.807, 2.05) is 32.0 Å². The van der Waals surface area contributed by atoms with Crippen molar-refractivity contribution in [3.05, 3.63) is 53.1 Å². The molecular formula is C23H27ClN4O3. The minimum absolute atomic E-state index is 0.0238. The molecule has 2 N–H and O–H groups in total. The minimum Gasteiger partial charge on any atom is -0.324 e. The normalized spacial score (nSPS) is 16.9. The van der Waals surface area contributed by atoms with Crippen LogP contribution in [-0.2, 0) is 14.4 Å². The lowest BCUT2D eigenvalue weighted by atomic mass is 10.1. The predicted molar refractivity (Wildman–Crippen MR) is 124 cm³/mol. The Morgan fingerprint density at radius 3 is 2.71 bits per heavy atom. The number of benzene rings is 2. The number of hydrogen-bond acceptors (Lipinski definition) is 4. The van der Waals surface area contributed by atoms with E-state index in [9.17, 15) is 14.4 Å². The quantitative estimate of drug-likeness (QED) is 0.740. The molecule has 7 nitrogen and oxygen atoms in total. The molecule has 0 saturated heterocycles. The number of carbonyl (C=O) groups is 3. The number of para-hydroxylation sites is 2. The second kappa shape index (κ2) is 9.49. The molecule has 2 atom stereocenters. The van der Waals surface area contributed by atoms with Crippen molar-refractivity contribution in [1.82, 2.24) is 4.90 Å². The Labute approximate surface area is 187 Å². The smallest absolute Gasteiger partial charge is 0.241 e. The van der Waals surface area contributed by atoms with Crippen molar-refractivity contribution < 1.29 is 14.4 Å². The van der Waals surface area contributed by atoms with E-state index < -0.39 is 6.04 Å². The molecule has 2 aromatic rings. The number of hydrogen-bond donors (Lipinski definition) is 2. The van der Waals surface area contributed by atoms with Gasteiger partial charge in [0, 0.05) is 23.2 Å². The van der Waals surface area contributed by atoms with Crippen molar-refractivity contribution in [1.29, 1.82) is 0 Å². The van der Waals surface area contributed by atoms with Gasteiger partial charge in [0.15, 0.2) is 0 Å². The van der Waals surface area contributed by atoms with E-state index in [1.165, 1.54) is 0 Å². The maximum Gasteiger partial charge on any atom is 0.241 e. The lowest BCUT2D eigenvalue weighted by molar-refractivity contribution is -0.123. The highest BCUT2D eigenvalue weighted by Gasteiger charge is 2.31. The van der Waals surface area contributed by atoms with Gasteiger partial charge in [0.25, 0.3) is 0 Å². The molecule has 8 heteroatoms. The largest absolute Gasteiger partial charge is 0.324 e. The summed E-state index contributed by atoms with van der Waals surface area (Å²) in [6.45, 7) is 5.45. The SMILES string of the molecule is Cc1c(Cl)cccc1NC(=O)[C@@H](C)N(C)CC(=O)N1c2ccccc2NC(=O)C[C@@H]1C. The molecule has 1 aliphatic heterocycles. The number of halogens is 1. The van der Waals surface area contributed by atoms with E-state index in [0.29, 0.717) is 22.1 Å². The highest BCUT2D eigenvalue weighted by Crippen LogP contribution is 2.31. The molecule has 0 aromatic heterocycles. The van der Waals surface area contributed by atoms with Crippen LogP contribution in [0.2, 0.25) is 5.02 Å². The Morgan fingerprint density at radius 1 is 1.26 bits per heavy atom. The molecule has 0 unspecified atom stereocenters. The van der Waals surface area contributed by atoms with Crippen LogP contribution in [0.15, 0.2) is 42.5 Å². The highest BCUT2D eigenvalue weighted by molar-refractivity contribution is 6.31. The molecule has 1 heterocycles. The van der Waals surface area contributed by atoms with Crippen LogP contribution in [0.25, 0.3) is 0 Å². The average molecular weight is 443 g/mol. The van der Waals surface area contributed by atoms with E-state index in [2.05, 4.69) is 10.6 Å². The van der Waals surface area contributed by atoms with Crippen molar-refractivity contribution >= 4 is 46.4 Å². The van der Waals surface area contributed by atoms with Crippen molar-refractivity contribution in [2.24, 2.45) is 0 Å². The van der Waals surface area contributed by atoms with Gasteiger partial charge >= 0.3 is 0 Å². The number of carbonyl (C=O) groups excluding carboxylic acids is 3. The number of anilines is 3. The van der Waals surface area contributed by atoms with Crippen LogP contribution in [0.4, 0.5) is 17.1 Å². The lowest BCUT2D eigenvalue weighted by Gasteiger charge is -2.31. The summed E-state index contributed by atoms with van der Waals surface area (Å²) in [7, 11) is 1.73. The minimum atomic E-state index is -0.556. The fourth-order valence-corrected chi connectivity index (χ4v) is 3.75. The van der Waals surface area contributed by atoms with Gasteiger partial charge in [0.2, 0.25) is 17.7 Å². The van der Waals surface area contributed by atoms with Gasteiger partial charge in [-0.25, -0.2) is 0 Å². The van der Waals surface area contributed by atoms with Gasteiger partial charge in [0.1, 0.15) is 0 Å². The molecule has 164 valence electrons. The second-order valence-electron chi connectivity index (χ2n) is 7.87. The molecule has 0 saturated carbocycles. The molecule has 0 fully saturated rings. The van der Waals surface area contributed by atoms with Gasteiger partial charge in [-0.05, 0) is 57.6 Å². The van der Waals surface area contributed by atoms with Crippen LogP contribution in [0.5, 0.6) is 0 Å². The van der Waals surface area contributed by atoms with E-state index in [1.54, 1.807) is 48.0 Å². The van der Waals surface area contributed by atoms with Crippen LogP contribution in [0, 0.1) is 6.92 Å². The zero-order valence-corrected chi connectivity index (χ0v) is 18.9. The zero-order valence-electron chi connectivity index (χ0n) is 18.1. The van der Waals surface area contributed by atoms with Gasteiger partial charge in [-0.2, -0.15) is 0 Å². The standard InChI is InChI=1S/C23H27ClN4O3/c1-14-12-21(29)25-19-9-5-6-11-20(19)28(14)22(30)13-27(4)16(3)23(31)26-18-10-7-8-17(24)15(18)2/h5-11,14,16H,12-13H2,1-4H3,(H,25,29)(H,26,31)/t14-,16+/m0/s1. The number of likely N-dealkylation sites (N-methyl/N-ethyl adjacent to an activating group) is 1. The Bertz CT molecular complexity index is 1010. The number of nitrogens with zero attached hydrogens (tertiary/aromatic N) is 2. The molecule has 3 rings (SSSR count). The van der Waals surface area contributed by atoms with Gasteiger partial charge in [0.05, 0.1) is 24.0 Å². The van der Waals surface area contributed by atoms with Crippen LogP contribution >= 0.6 is 11.6 Å². The van der Waals surface area contributed by atoms with E-state index in [0.717, 1.165) is 5.56 Å². The number of nitrogens with one attached hydrogen (secondary N) is 2. The number of rotatable bonds is 5. The molecule has 2 aromatic carbocycles. The van der Waals surface area contributed by atoms with Crippen molar-refractivity contribution in [3.8, 4) is 0 Å². The van der Waals surface area contributed by atoms with Gasteiger partial charge in [-0.3, -0.25) is 19.3 Å². The first kappa shape index (κ1) is 22.8. The molecule has 31 heavy (non-hydrogen) atoms. The van der Waals surface area contributed by atoms with E-state index >= 15 is 0 Å². The number of amides is 3. The predicted octanol–water partition coefficient (Wildman–Crippen LogP) is 3.67. The average Bonchev–Trinajstić information content (AvgIpc) is 2.84. The summed E-state index contributed by atoms with van der Waals surface area (Å²) in [5, 5.41) is 6.30. The summed E-state index contributed by atoms with van der Waals surface area (Å²) < 4.78 is 0. The van der Waals surface area contributed by atoms with E-state index in [-0.39, 0.29) is 36.7 Å². The van der Waals surface area contributed by atoms with Gasteiger partial charge in [-0.15, -0.1) is 0 Å². The maximum atomic E-state index is 13.2. The fraction of sp³-hybridized carbons (Fsp3) is 0.348. The molecule has 3 amide bonds.